The fourth-order valence-electron chi connectivity index (χ4n) is 3.68. The molecular formula is C28H33FN2O7S2. The molecule has 3 rings (SSSR count). The largest absolute Gasteiger partial charge is 0.444 e. The number of rotatable bonds is 12. The molecule has 0 radical (unpaired) electrons. The first-order valence-electron chi connectivity index (χ1n) is 12.4. The van der Waals surface area contributed by atoms with Gasteiger partial charge in [0.2, 0.25) is 10.0 Å². The van der Waals surface area contributed by atoms with Gasteiger partial charge in [0.25, 0.3) is 0 Å². The van der Waals surface area contributed by atoms with E-state index in [9.17, 15) is 22.4 Å². The lowest BCUT2D eigenvalue weighted by Gasteiger charge is -2.19. The van der Waals surface area contributed by atoms with Crippen LogP contribution < -0.4 is 10.0 Å². The van der Waals surface area contributed by atoms with Crippen molar-refractivity contribution >= 4 is 38.2 Å². The normalized spacial score (nSPS) is 12.7. The van der Waals surface area contributed by atoms with Crippen molar-refractivity contribution in [2.24, 2.45) is 0 Å². The molecule has 0 aliphatic heterocycles. The van der Waals surface area contributed by atoms with E-state index in [2.05, 4.69) is 10.0 Å². The predicted octanol–water partition coefficient (Wildman–Crippen LogP) is 6.13. The molecule has 1 amide bonds. The number of hydrogen-bond acceptors (Lipinski definition) is 8. The molecule has 0 spiro atoms. The maximum absolute atomic E-state index is 13.3. The molecule has 216 valence electrons. The van der Waals surface area contributed by atoms with Gasteiger partial charge in [-0.1, -0.05) is 24.3 Å². The molecule has 2 aromatic carbocycles. The average molecular weight is 593 g/mol. The number of carbonyl (C=O) groups is 2. The minimum Gasteiger partial charge on any atom is -0.444 e. The molecule has 0 bridgehead atoms. The fourth-order valence-corrected chi connectivity index (χ4v) is 5.86. The monoisotopic (exact) mass is 592 g/mol. The average Bonchev–Trinajstić information content (AvgIpc) is 3.29. The van der Waals surface area contributed by atoms with Gasteiger partial charge in [0.1, 0.15) is 23.2 Å². The van der Waals surface area contributed by atoms with Crippen LogP contribution in [-0.4, -0.2) is 46.3 Å². The standard InChI is InChI=1S/C28H33FN2O7S2/c1-18(32)23-16-25(39-26(23)31-27(33)38-28(2,3)4)20-7-6-8-22(15-20)40(34,35)30-14-13-24(37-17-36-5)19-9-11-21(29)12-10-19/h6-12,15-16,24,30H,13-14,17H2,1-5H3,(H,31,33). The maximum atomic E-state index is 13.3. The predicted molar refractivity (Wildman–Crippen MR) is 152 cm³/mol. The first-order chi connectivity index (χ1) is 18.8. The van der Waals surface area contributed by atoms with E-state index in [-0.39, 0.29) is 36.3 Å². The summed E-state index contributed by atoms with van der Waals surface area (Å²) in [6, 6.07) is 13.7. The van der Waals surface area contributed by atoms with Crippen molar-refractivity contribution in [1.82, 2.24) is 4.72 Å². The fraction of sp³-hybridized carbons (Fsp3) is 0.357. The zero-order valence-electron chi connectivity index (χ0n) is 22.9. The highest BCUT2D eigenvalue weighted by molar-refractivity contribution is 7.89. The van der Waals surface area contributed by atoms with Crippen LogP contribution in [0.5, 0.6) is 0 Å². The summed E-state index contributed by atoms with van der Waals surface area (Å²) in [6.45, 7) is 6.61. The van der Waals surface area contributed by atoms with Crippen molar-refractivity contribution in [3.63, 3.8) is 0 Å². The number of ketones is 1. The molecule has 0 saturated carbocycles. The van der Waals surface area contributed by atoms with Crippen molar-refractivity contribution in [2.45, 2.75) is 50.7 Å². The molecule has 40 heavy (non-hydrogen) atoms. The number of amides is 1. The van der Waals surface area contributed by atoms with E-state index in [1.165, 1.54) is 38.3 Å². The Morgan fingerprint density at radius 2 is 1.77 bits per heavy atom. The van der Waals surface area contributed by atoms with Gasteiger partial charge < -0.3 is 14.2 Å². The number of sulfonamides is 1. The Bertz CT molecular complexity index is 1430. The quantitative estimate of drug-likeness (QED) is 0.192. The lowest BCUT2D eigenvalue weighted by molar-refractivity contribution is -0.0752. The number of hydrogen-bond donors (Lipinski definition) is 2. The molecular weight excluding hydrogens is 559 g/mol. The summed E-state index contributed by atoms with van der Waals surface area (Å²) in [5.41, 5.74) is 0.820. The Morgan fingerprint density at radius 3 is 2.40 bits per heavy atom. The Morgan fingerprint density at radius 1 is 1.07 bits per heavy atom. The molecule has 2 N–H and O–H groups in total. The number of benzene rings is 2. The van der Waals surface area contributed by atoms with Crippen LogP contribution >= 0.6 is 11.3 Å². The summed E-state index contributed by atoms with van der Waals surface area (Å²) < 4.78 is 58.0. The van der Waals surface area contributed by atoms with E-state index in [0.717, 1.165) is 11.3 Å². The van der Waals surface area contributed by atoms with Crippen LogP contribution in [0.3, 0.4) is 0 Å². The number of Topliss-reactive ketones (excluding diaryl/α,β-unsaturated/α-hetero) is 1. The summed E-state index contributed by atoms with van der Waals surface area (Å²) >= 11 is 1.14. The second-order valence-corrected chi connectivity index (χ2v) is 12.7. The van der Waals surface area contributed by atoms with Gasteiger partial charge in [-0.25, -0.2) is 22.3 Å². The SMILES string of the molecule is COCOC(CCNS(=O)(=O)c1cccc(-c2cc(C(C)=O)c(NC(=O)OC(C)(C)C)s2)c1)c1ccc(F)cc1. The number of halogens is 1. The smallest absolute Gasteiger partial charge is 0.412 e. The molecule has 1 atom stereocenters. The van der Waals surface area contributed by atoms with Crippen LogP contribution in [0.4, 0.5) is 14.2 Å². The molecule has 1 aromatic heterocycles. The topological polar surface area (TPSA) is 120 Å². The van der Waals surface area contributed by atoms with Gasteiger partial charge >= 0.3 is 6.09 Å². The van der Waals surface area contributed by atoms with E-state index in [4.69, 9.17) is 14.2 Å². The van der Waals surface area contributed by atoms with E-state index in [1.54, 1.807) is 51.1 Å². The number of carbonyl (C=O) groups excluding carboxylic acids is 2. The molecule has 0 saturated heterocycles. The highest BCUT2D eigenvalue weighted by atomic mass is 32.2. The summed E-state index contributed by atoms with van der Waals surface area (Å²) in [6.07, 6.45) is -0.931. The highest BCUT2D eigenvalue weighted by Gasteiger charge is 2.22. The number of nitrogens with one attached hydrogen (secondary N) is 2. The first-order valence-corrected chi connectivity index (χ1v) is 14.7. The Balaban J connectivity index is 1.76. The second-order valence-electron chi connectivity index (χ2n) is 9.86. The van der Waals surface area contributed by atoms with Crippen LogP contribution in [-0.2, 0) is 24.2 Å². The van der Waals surface area contributed by atoms with Gasteiger partial charge in [-0.2, -0.15) is 0 Å². The molecule has 0 aliphatic carbocycles. The third kappa shape index (κ3) is 8.93. The van der Waals surface area contributed by atoms with Gasteiger partial charge in [0, 0.05) is 18.5 Å². The van der Waals surface area contributed by atoms with E-state index >= 15 is 0 Å². The Hall–Kier alpha value is -3.16. The molecule has 1 heterocycles. The lowest BCUT2D eigenvalue weighted by atomic mass is 10.1. The Labute approximate surface area is 237 Å². The number of methoxy groups -OCH3 is 1. The van der Waals surface area contributed by atoms with Crippen molar-refractivity contribution < 1.29 is 36.6 Å². The van der Waals surface area contributed by atoms with E-state index in [1.807, 2.05) is 0 Å². The number of thiophene rings is 1. The molecule has 0 aliphatic rings. The summed E-state index contributed by atoms with van der Waals surface area (Å²) in [7, 11) is -2.43. The summed E-state index contributed by atoms with van der Waals surface area (Å²) in [5.74, 6) is -0.644. The zero-order chi connectivity index (χ0) is 29.5. The first kappa shape index (κ1) is 31.4. The van der Waals surface area contributed by atoms with E-state index in [0.29, 0.717) is 26.6 Å². The maximum Gasteiger partial charge on any atom is 0.412 e. The van der Waals surface area contributed by atoms with Gasteiger partial charge in [-0.15, -0.1) is 11.3 Å². The summed E-state index contributed by atoms with van der Waals surface area (Å²) in [4.78, 5) is 25.1. The minimum absolute atomic E-state index is 0.00925. The van der Waals surface area contributed by atoms with Crippen molar-refractivity contribution in [2.75, 3.05) is 25.8 Å². The van der Waals surface area contributed by atoms with Crippen molar-refractivity contribution in [1.29, 1.82) is 0 Å². The third-order valence-corrected chi connectivity index (χ3v) is 8.04. The highest BCUT2D eigenvalue weighted by Crippen LogP contribution is 2.37. The number of anilines is 1. The van der Waals surface area contributed by atoms with E-state index < -0.39 is 27.8 Å². The van der Waals surface area contributed by atoms with Gasteiger partial charge in [-0.05, 0) is 75.6 Å². The van der Waals surface area contributed by atoms with Crippen LogP contribution in [0.15, 0.2) is 59.5 Å². The molecule has 12 heteroatoms. The van der Waals surface area contributed by atoms with Crippen molar-refractivity contribution in [3.8, 4) is 10.4 Å². The summed E-state index contributed by atoms with van der Waals surface area (Å²) in [5, 5.41) is 2.93. The van der Waals surface area contributed by atoms with Crippen molar-refractivity contribution in [3.05, 3.63) is 71.5 Å². The van der Waals surface area contributed by atoms with Gasteiger partial charge in [-0.3, -0.25) is 10.1 Å². The second kappa shape index (κ2) is 13.5. The van der Waals surface area contributed by atoms with Gasteiger partial charge in [0.15, 0.2) is 5.78 Å². The van der Waals surface area contributed by atoms with Gasteiger partial charge in [0.05, 0.1) is 16.6 Å². The van der Waals surface area contributed by atoms with Crippen LogP contribution in [0.2, 0.25) is 0 Å². The third-order valence-electron chi connectivity index (χ3n) is 5.48. The molecule has 1 unspecified atom stereocenters. The zero-order valence-corrected chi connectivity index (χ0v) is 24.6. The molecule has 9 nitrogen and oxygen atoms in total. The van der Waals surface area contributed by atoms with Crippen LogP contribution in [0, 0.1) is 5.82 Å². The molecule has 0 fully saturated rings. The minimum atomic E-state index is -3.90. The number of ether oxygens (including phenoxy) is 3. The lowest BCUT2D eigenvalue weighted by Crippen LogP contribution is -2.27. The Kier molecular flexibility index (Phi) is 10.6. The van der Waals surface area contributed by atoms with Crippen LogP contribution in [0.25, 0.3) is 10.4 Å². The molecule has 3 aromatic rings. The van der Waals surface area contributed by atoms with Crippen LogP contribution in [0.1, 0.15) is 56.1 Å².